The lowest BCUT2D eigenvalue weighted by molar-refractivity contribution is -0.887. The molecule has 0 aliphatic rings. The number of unbranched alkanes of at least 4 members (excludes halogenated alkanes) is 17. The summed E-state index contributed by atoms with van der Waals surface area (Å²) in [4.78, 5) is 37.2. The Morgan fingerprint density at radius 1 is 0.448 bits per heavy atom. The number of aliphatic carboxylic acids is 1. The van der Waals surface area contributed by atoms with Crippen LogP contribution in [0.15, 0.2) is 97.2 Å². The largest absolute Gasteiger partial charge is 0.477 e. The summed E-state index contributed by atoms with van der Waals surface area (Å²) in [6.07, 6.45) is 66.0. The van der Waals surface area contributed by atoms with Crippen molar-refractivity contribution in [3.63, 3.8) is 0 Å². The first kappa shape index (κ1) is 63.2. The lowest BCUT2D eigenvalue weighted by atomic mass is 10.1. The Bertz CT molecular complexity index is 1410. The van der Waals surface area contributed by atoms with Gasteiger partial charge in [0.1, 0.15) is 6.61 Å². The molecule has 2 unspecified atom stereocenters. The van der Waals surface area contributed by atoms with Gasteiger partial charge in [0, 0.05) is 19.3 Å². The molecule has 2 atom stereocenters. The highest BCUT2D eigenvalue weighted by molar-refractivity contribution is 5.72. The van der Waals surface area contributed by atoms with Crippen molar-refractivity contribution < 1.29 is 38.2 Å². The molecule has 382 valence electrons. The summed E-state index contributed by atoms with van der Waals surface area (Å²) in [5, 5.41) is 9.66. The minimum absolute atomic E-state index is 0.0394. The van der Waals surface area contributed by atoms with E-state index < -0.39 is 18.1 Å². The van der Waals surface area contributed by atoms with Crippen molar-refractivity contribution in [3.8, 4) is 0 Å². The van der Waals surface area contributed by atoms with Crippen LogP contribution in [0.5, 0.6) is 0 Å². The fourth-order valence-electron chi connectivity index (χ4n) is 7.29. The number of carbonyl (C=O) groups excluding carboxylic acids is 2. The van der Waals surface area contributed by atoms with Gasteiger partial charge in [-0.2, -0.15) is 0 Å². The highest BCUT2D eigenvalue weighted by atomic mass is 16.6. The first-order chi connectivity index (χ1) is 32.6. The van der Waals surface area contributed by atoms with Crippen molar-refractivity contribution in [2.24, 2.45) is 0 Å². The summed E-state index contributed by atoms with van der Waals surface area (Å²) < 4.78 is 17.3. The number of likely N-dealkylation sites (N-methyl/N-ethyl adjacent to an activating group) is 1. The van der Waals surface area contributed by atoms with E-state index in [9.17, 15) is 19.5 Å². The molecule has 8 nitrogen and oxygen atoms in total. The average Bonchev–Trinajstić information content (AvgIpc) is 3.29. The molecule has 0 aromatic carbocycles. The number of carboxylic acids is 1. The van der Waals surface area contributed by atoms with Gasteiger partial charge in [-0.3, -0.25) is 9.59 Å². The van der Waals surface area contributed by atoms with Crippen LogP contribution >= 0.6 is 0 Å². The van der Waals surface area contributed by atoms with Gasteiger partial charge in [-0.25, -0.2) is 4.79 Å². The molecule has 1 N–H and O–H groups in total. The second kappa shape index (κ2) is 48.7. The minimum Gasteiger partial charge on any atom is -0.477 e. The highest BCUT2D eigenvalue weighted by Gasteiger charge is 2.31. The van der Waals surface area contributed by atoms with E-state index in [-0.39, 0.29) is 36.2 Å². The minimum atomic E-state index is -0.885. The standard InChI is InChI=1S/C59H99NO7/c1-6-8-10-12-14-16-18-20-22-24-26-28-30-32-34-36-38-40-42-44-46-48-50-58(62)67-55(53-65-52-51-56(59(63)64)60(3,4)5)54-66-57(61)49-47-45-43-41-39-37-35-33-31-29-27-25-23-21-19-17-15-13-11-9-7-2/h14-17,20-23,26-29,33,35,39,41,55-56H,6-13,18-19,24-25,30-32,34,36-38,40,42-54H2,1-5H3/p+1/b16-14+,17-15+,22-20+,23-21+,28-26+,29-27+,35-33+,41-39+. The number of esters is 2. The Morgan fingerprint density at radius 2 is 0.791 bits per heavy atom. The zero-order valence-electron chi connectivity index (χ0n) is 43.6. The van der Waals surface area contributed by atoms with E-state index in [1.165, 1.54) is 89.9 Å². The summed E-state index contributed by atoms with van der Waals surface area (Å²) in [5.74, 6) is -1.54. The van der Waals surface area contributed by atoms with Gasteiger partial charge in [-0.1, -0.05) is 182 Å². The molecule has 0 saturated carbocycles. The van der Waals surface area contributed by atoms with Crippen LogP contribution in [0.4, 0.5) is 0 Å². The Hall–Kier alpha value is -3.75. The fourth-order valence-corrected chi connectivity index (χ4v) is 7.29. The van der Waals surface area contributed by atoms with Crippen LogP contribution in [0.3, 0.4) is 0 Å². The molecule has 0 bridgehead atoms. The number of allylic oxidation sites excluding steroid dienone is 16. The normalized spacial score (nSPS) is 13.6. The van der Waals surface area contributed by atoms with E-state index in [1.54, 1.807) is 0 Å². The van der Waals surface area contributed by atoms with Crippen LogP contribution in [0.2, 0.25) is 0 Å². The van der Waals surface area contributed by atoms with Crippen LogP contribution in [0.1, 0.15) is 206 Å². The molecule has 0 aliphatic carbocycles. The van der Waals surface area contributed by atoms with Crippen LogP contribution in [-0.4, -0.2) is 80.6 Å². The molecule has 0 aromatic heterocycles. The maximum atomic E-state index is 12.8. The summed E-state index contributed by atoms with van der Waals surface area (Å²) >= 11 is 0. The Balaban J connectivity index is 4.34. The third-order valence-corrected chi connectivity index (χ3v) is 11.5. The van der Waals surface area contributed by atoms with Crippen molar-refractivity contribution in [3.05, 3.63) is 97.2 Å². The van der Waals surface area contributed by atoms with Gasteiger partial charge in [0.15, 0.2) is 12.1 Å². The molecule has 0 rings (SSSR count). The van der Waals surface area contributed by atoms with E-state index in [4.69, 9.17) is 14.2 Å². The lowest BCUT2D eigenvalue weighted by Gasteiger charge is -2.31. The second-order valence-electron chi connectivity index (χ2n) is 18.8. The first-order valence-electron chi connectivity index (χ1n) is 26.8. The van der Waals surface area contributed by atoms with Gasteiger partial charge in [0.05, 0.1) is 34.4 Å². The topological polar surface area (TPSA) is 99.1 Å². The molecule has 0 aliphatic heterocycles. The van der Waals surface area contributed by atoms with Gasteiger partial charge < -0.3 is 23.8 Å². The number of nitrogens with zero attached hydrogens (tertiary/aromatic N) is 1. The van der Waals surface area contributed by atoms with Crippen molar-refractivity contribution in [2.75, 3.05) is 41.0 Å². The maximum Gasteiger partial charge on any atom is 0.362 e. The summed E-state index contributed by atoms with van der Waals surface area (Å²) in [6.45, 7) is 4.63. The van der Waals surface area contributed by atoms with Crippen LogP contribution < -0.4 is 0 Å². The molecule has 8 heteroatoms. The molecular formula is C59H100NO7+. The number of carbonyl (C=O) groups is 3. The van der Waals surface area contributed by atoms with E-state index in [2.05, 4.69) is 111 Å². The number of hydrogen-bond donors (Lipinski definition) is 1. The highest BCUT2D eigenvalue weighted by Crippen LogP contribution is 2.14. The molecular weight excluding hydrogens is 835 g/mol. The number of hydrogen-bond acceptors (Lipinski definition) is 6. The van der Waals surface area contributed by atoms with Gasteiger partial charge in [0.2, 0.25) is 0 Å². The Labute approximate surface area is 411 Å². The lowest BCUT2D eigenvalue weighted by Crippen LogP contribution is -2.50. The van der Waals surface area contributed by atoms with E-state index in [1.807, 2.05) is 21.1 Å². The monoisotopic (exact) mass is 935 g/mol. The third kappa shape index (κ3) is 47.1. The summed E-state index contributed by atoms with van der Waals surface area (Å²) in [5.41, 5.74) is 0. The van der Waals surface area contributed by atoms with Gasteiger partial charge in [-0.15, -0.1) is 0 Å². The fraction of sp³-hybridized carbons (Fsp3) is 0.678. The molecule has 0 amide bonds. The molecule has 67 heavy (non-hydrogen) atoms. The maximum absolute atomic E-state index is 12.8. The summed E-state index contributed by atoms with van der Waals surface area (Å²) in [6, 6.07) is -0.629. The van der Waals surface area contributed by atoms with Crippen molar-refractivity contribution in [1.29, 1.82) is 0 Å². The van der Waals surface area contributed by atoms with Gasteiger partial charge in [-0.05, 0) is 103 Å². The smallest absolute Gasteiger partial charge is 0.362 e. The molecule has 0 radical (unpaired) electrons. The van der Waals surface area contributed by atoms with Crippen molar-refractivity contribution in [2.45, 2.75) is 219 Å². The van der Waals surface area contributed by atoms with Crippen molar-refractivity contribution >= 4 is 17.9 Å². The predicted molar refractivity (Wildman–Crippen MR) is 284 cm³/mol. The number of carboxylic acid groups (broad SMARTS) is 1. The third-order valence-electron chi connectivity index (χ3n) is 11.5. The zero-order valence-corrected chi connectivity index (χ0v) is 43.6. The molecule has 0 fully saturated rings. The Kier molecular flexibility index (Phi) is 46.0. The second-order valence-corrected chi connectivity index (χ2v) is 18.8. The van der Waals surface area contributed by atoms with Crippen LogP contribution in [-0.2, 0) is 28.6 Å². The van der Waals surface area contributed by atoms with Gasteiger partial charge in [0.25, 0.3) is 0 Å². The number of rotatable bonds is 47. The van der Waals surface area contributed by atoms with E-state index >= 15 is 0 Å². The quantitative estimate of drug-likeness (QED) is 0.0281. The van der Waals surface area contributed by atoms with E-state index in [0.717, 1.165) is 77.0 Å². The van der Waals surface area contributed by atoms with Gasteiger partial charge >= 0.3 is 17.9 Å². The van der Waals surface area contributed by atoms with Crippen LogP contribution in [0.25, 0.3) is 0 Å². The van der Waals surface area contributed by atoms with Crippen molar-refractivity contribution in [1.82, 2.24) is 0 Å². The SMILES string of the molecule is CCCCC/C=C/C/C=C/C/C=C/C/C=C/C/C=C/CCCCC(=O)OCC(COCCC(C(=O)O)[N+](C)(C)C)OC(=O)CCCCCCCCCCC/C=C/C/C=C/C/C=C/CCCCC. The first-order valence-corrected chi connectivity index (χ1v) is 26.8. The van der Waals surface area contributed by atoms with Crippen LogP contribution in [0, 0.1) is 0 Å². The average molecular weight is 935 g/mol. The number of quaternary nitrogens is 1. The number of ether oxygens (including phenoxy) is 3. The zero-order chi connectivity index (χ0) is 49.2. The molecule has 0 saturated heterocycles. The molecule has 0 heterocycles. The molecule has 0 aromatic rings. The molecule has 0 spiro atoms. The Morgan fingerprint density at radius 3 is 1.19 bits per heavy atom. The summed E-state index contributed by atoms with van der Waals surface area (Å²) in [7, 11) is 5.51. The predicted octanol–water partition coefficient (Wildman–Crippen LogP) is 15.8. The van der Waals surface area contributed by atoms with E-state index in [0.29, 0.717) is 25.7 Å².